The van der Waals surface area contributed by atoms with Gasteiger partial charge in [0.05, 0.1) is 10.0 Å². The molecule has 0 aliphatic heterocycles. The van der Waals surface area contributed by atoms with Crippen molar-refractivity contribution in [2.45, 2.75) is 19.3 Å². The van der Waals surface area contributed by atoms with Gasteiger partial charge in [0.2, 0.25) is 0 Å². The fraction of sp³-hybridized carbons (Fsp3) is 0.364. The van der Waals surface area contributed by atoms with Crippen LogP contribution in [0.1, 0.15) is 18.4 Å². The molecular formula is C11H10Cl2O. The van der Waals surface area contributed by atoms with Crippen molar-refractivity contribution in [3.05, 3.63) is 33.8 Å². The van der Waals surface area contributed by atoms with Crippen LogP contribution in [-0.2, 0) is 11.2 Å². The zero-order valence-electron chi connectivity index (χ0n) is 7.59. The fourth-order valence-electron chi connectivity index (χ4n) is 1.42. The van der Waals surface area contributed by atoms with Crippen molar-refractivity contribution in [2.24, 2.45) is 5.92 Å². The number of carbonyl (C=O) groups is 1. The van der Waals surface area contributed by atoms with Crippen molar-refractivity contribution < 1.29 is 4.79 Å². The van der Waals surface area contributed by atoms with Crippen molar-refractivity contribution in [3.63, 3.8) is 0 Å². The van der Waals surface area contributed by atoms with E-state index in [2.05, 4.69) is 0 Å². The molecule has 1 fully saturated rings. The summed E-state index contributed by atoms with van der Waals surface area (Å²) < 4.78 is 0. The predicted molar refractivity (Wildman–Crippen MR) is 57.9 cm³/mol. The third-order valence-corrected chi connectivity index (χ3v) is 3.29. The Morgan fingerprint density at radius 3 is 2.71 bits per heavy atom. The summed E-state index contributed by atoms with van der Waals surface area (Å²) in [5.41, 5.74) is 0.844. The summed E-state index contributed by atoms with van der Waals surface area (Å²) in [6.07, 6.45) is 2.50. The van der Waals surface area contributed by atoms with E-state index in [-0.39, 0.29) is 11.7 Å². The average Bonchev–Trinajstić information content (AvgIpc) is 2.95. The highest BCUT2D eigenvalue weighted by Gasteiger charge is 2.29. The molecule has 1 nitrogen and oxygen atoms in total. The molecule has 0 amide bonds. The van der Waals surface area contributed by atoms with E-state index in [1.54, 1.807) is 6.07 Å². The number of benzene rings is 1. The molecule has 0 heterocycles. The standard InChI is InChI=1S/C11H10Cl2O/c12-9-3-1-2-8(11(9)13)6-10(14)7-4-5-7/h1-3,7H,4-6H2. The number of rotatable bonds is 3. The lowest BCUT2D eigenvalue weighted by molar-refractivity contribution is -0.119. The van der Waals surface area contributed by atoms with Crippen LogP contribution in [0.5, 0.6) is 0 Å². The monoisotopic (exact) mass is 228 g/mol. The molecule has 0 saturated heterocycles. The zero-order valence-corrected chi connectivity index (χ0v) is 9.11. The molecule has 0 atom stereocenters. The lowest BCUT2D eigenvalue weighted by atomic mass is 10.1. The topological polar surface area (TPSA) is 17.1 Å². The molecule has 3 heteroatoms. The summed E-state index contributed by atoms with van der Waals surface area (Å²) in [5, 5.41) is 1.04. The maximum atomic E-state index is 11.5. The van der Waals surface area contributed by atoms with E-state index >= 15 is 0 Å². The number of hydrogen-bond donors (Lipinski definition) is 0. The third kappa shape index (κ3) is 2.10. The molecular weight excluding hydrogens is 219 g/mol. The largest absolute Gasteiger partial charge is 0.299 e. The van der Waals surface area contributed by atoms with E-state index in [9.17, 15) is 4.79 Å². The Hall–Kier alpha value is -0.530. The van der Waals surface area contributed by atoms with Crippen LogP contribution in [0, 0.1) is 5.92 Å². The van der Waals surface area contributed by atoms with Gasteiger partial charge in [0.15, 0.2) is 0 Å². The van der Waals surface area contributed by atoms with Gasteiger partial charge in [-0.15, -0.1) is 0 Å². The van der Waals surface area contributed by atoms with Crippen molar-refractivity contribution in [3.8, 4) is 0 Å². The van der Waals surface area contributed by atoms with Crippen LogP contribution in [0.3, 0.4) is 0 Å². The number of ketones is 1. The first kappa shape index (κ1) is 10.0. The Balaban J connectivity index is 2.15. The van der Waals surface area contributed by atoms with Crippen LogP contribution in [0.15, 0.2) is 18.2 Å². The van der Waals surface area contributed by atoms with Gasteiger partial charge in [0.25, 0.3) is 0 Å². The number of carbonyl (C=O) groups excluding carboxylic acids is 1. The molecule has 0 radical (unpaired) electrons. The highest BCUT2D eigenvalue weighted by Crippen LogP contribution is 2.33. The van der Waals surface area contributed by atoms with E-state index in [0.717, 1.165) is 18.4 Å². The highest BCUT2D eigenvalue weighted by molar-refractivity contribution is 6.42. The summed E-state index contributed by atoms with van der Waals surface area (Å²) in [6, 6.07) is 5.41. The third-order valence-electron chi connectivity index (χ3n) is 2.43. The van der Waals surface area contributed by atoms with Crippen LogP contribution >= 0.6 is 23.2 Å². The lowest BCUT2D eigenvalue weighted by Gasteiger charge is -2.03. The maximum absolute atomic E-state index is 11.5. The molecule has 2 rings (SSSR count). The van der Waals surface area contributed by atoms with Crippen molar-refractivity contribution in [2.75, 3.05) is 0 Å². The molecule has 0 spiro atoms. The van der Waals surface area contributed by atoms with Crippen LogP contribution < -0.4 is 0 Å². The summed E-state index contributed by atoms with van der Waals surface area (Å²) in [6.45, 7) is 0. The van der Waals surface area contributed by atoms with Gasteiger partial charge in [0, 0.05) is 12.3 Å². The number of hydrogen-bond acceptors (Lipinski definition) is 1. The minimum Gasteiger partial charge on any atom is -0.299 e. The maximum Gasteiger partial charge on any atom is 0.140 e. The Kier molecular flexibility index (Phi) is 2.80. The van der Waals surface area contributed by atoms with Gasteiger partial charge >= 0.3 is 0 Å². The molecule has 14 heavy (non-hydrogen) atoms. The van der Waals surface area contributed by atoms with Crippen molar-refractivity contribution in [1.82, 2.24) is 0 Å². The zero-order chi connectivity index (χ0) is 10.1. The van der Waals surface area contributed by atoms with Crippen LogP contribution in [0.25, 0.3) is 0 Å². The van der Waals surface area contributed by atoms with Crippen LogP contribution in [-0.4, -0.2) is 5.78 Å². The van der Waals surface area contributed by atoms with Crippen molar-refractivity contribution in [1.29, 1.82) is 0 Å². The van der Waals surface area contributed by atoms with Gasteiger partial charge < -0.3 is 0 Å². The van der Waals surface area contributed by atoms with Gasteiger partial charge in [0.1, 0.15) is 5.78 Å². The van der Waals surface area contributed by atoms with Crippen LogP contribution in [0.2, 0.25) is 10.0 Å². The Morgan fingerprint density at radius 2 is 2.07 bits per heavy atom. The molecule has 1 aliphatic carbocycles. The van der Waals surface area contributed by atoms with Crippen molar-refractivity contribution >= 4 is 29.0 Å². The summed E-state index contributed by atoms with van der Waals surface area (Å²) in [7, 11) is 0. The molecule has 1 saturated carbocycles. The molecule has 0 unspecified atom stereocenters. The molecule has 74 valence electrons. The second-order valence-electron chi connectivity index (χ2n) is 3.63. The predicted octanol–water partition coefficient (Wildman–Crippen LogP) is 3.52. The van der Waals surface area contributed by atoms with Crippen LogP contribution in [0.4, 0.5) is 0 Å². The smallest absolute Gasteiger partial charge is 0.140 e. The summed E-state index contributed by atoms with van der Waals surface area (Å²) >= 11 is 11.8. The fourth-order valence-corrected chi connectivity index (χ4v) is 1.81. The number of Topliss-reactive ketones (excluding diaryl/α,β-unsaturated/α-hetero) is 1. The van der Waals surface area contributed by atoms with Gasteiger partial charge in [-0.1, -0.05) is 35.3 Å². The first-order valence-corrected chi connectivity index (χ1v) is 5.39. The molecule has 1 aromatic carbocycles. The van der Waals surface area contributed by atoms with E-state index in [4.69, 9.17) is 23.2 Å². The Bertz CT molecular complexity index is 370. The van der Waals surface area contributed by atoms with Gasteiger partial charge in [-0.25, -0.2) is 0 Å². The highest BCUT2D eigenvalue weighted by atomic mass is 35.5. The molecule has 0 N–H and O–H groups in total. The second kappa shape index (κ2) is 3.92. The molecule has 0 bridgehead atoms. The van der Waals surface area contributed by atoms with E-state index in [1.165, 1.54) is 0 Å². The summed E-state index contributed by atoms with van der Waals surface area (Å²) in [5.74, 6) is 0.569. The first-order chi connectivity index (χ1) is 6.68. The van der Waals surface area contributed by atoms with E-state index < -0.39 is 0 Å². The summed E-state index contributed by atoms with van der Waals surface area (Å²) in [4.78, 5) is 11.5. The molecule has 1 aromatic rings. The second-order valence-corrected chi connectivity index (χ2v) is 4.42. The lowest BCUT2D eigenvalue weighted by Crippen LogP contribution is -2.05. The first-order valence-electron chi connectivity index (χ1n) is 4.64. The van der Waals surface area contributed by atoms with Gasteiger partial charge in [-0.05, 0) is 24.5 Å². The SMILES string of the molecule is O=C(Cc1cccc(Cl)c1Cl)C1CC1. The average molecular weight is 229 g/mol. The Morgan fingerprint density at radius 1 is 1.36 bits per heavy atom. The quantitative estimate of drug-likeness (QED) is 0.774. The van der Waals surface area contributed by atoms with Gasteiger partial charge in [-0.3, -0.25) is 4.79 Å². The molecule has 0 aromatic heterocycles. The molecule has 1 aliphatic rings. The minimum atomic E-state index is 0.282. The minimum absolute atomic E-state index is 0.282. The number of halogens is 2. The normalized spacial score (nSPS) is 15.6. The van der Waals surface area contributed by atoms with E-state index in [0.29, 0.717) is 16.5 Å². The van der Waals surface area contributed by atoms with E-state index in [1.807, 2.05) is 12.1 Å². The van der Waals surface area contributed by atoms with Gasteiger partial charge in [-0.2, -0.15) is 0 Å². The Labute approximate surface area is 93.0 Å².